The fourth-order valence-corrected chi connectivity index (χ4v) is 4.28. The van der Waals surface area contributed by atoms with Gasteiger partial charge in [-0.05, 0) is 47.9 Å². The average molecular weight is 401 g/mol. The third kappa shape index (κ3) is 3.64. The van der Waals surface area contributed by atoms with E-state index in [1.165, 1.54) is 6.07 Å². The van der Waals surface area contributed by atoms with E-state index in [1.807, 2.05) is 18.2 Å². The van der Waals surface area contributed by atoms with E-state index in [0.29, 0.717) is 43.2 Å². The molecule has 0 atom stereocenters. The van der Waals surface area contributed by atoms with Crippen molar-refractivity contribution in [2.24, 2.45) is 5.41 Å². The van der Waals surface area contributed by atoms with Crippen molar-refractivity contribution in [3.63, 3.8) is 0 Å². The molecule has 2 aliphatic heterocycles. The van der Waals surface area contributed by atoms with Crippen LogP contribution in [0.1, 0.15) is 11.1 Å². The second-order valence-corrected chi connectivity index (χ2v) is 7.98. The van der Waals surface area contributed by atoms with Gasteiger partial charge >= 0.3 is 0 Å². The summed E-state index contributed by atoms with van der Waals surface area (Å²) in [6.07, 6.45) is 2.49. The van der Waals surface area contributed by atoms with Crippen molar-refractivity contribution in [1.82, 2.24) is 10.2 Å². The topological polar surface area (TPSA) is 41.6 Å². The molecular formula is C22H22ClFN2O2. The van der Waals surface area contributed by atoms with Crippen LogP contribution in [-0.4, -0.2) is 44.1 Å². The first-order valence-corrected chi connectivity index (χ1v) is 9.67. The van der Waals surface area contributed by atoms with Gasteiger partial charge in [0, 0.05) is 37.3 Å². The number of likely N-dealkylation sites (tertiary alicyclic amines) is 1. The summed E-state index contributed by atoms with van der Waals surface area (Å²) in [6, 6.07) is 12.2. The maximum Gasteiger partial charge on any atom is 0.228 e. The minimum Gasteiger partial charge on any atom is -0.489 e. The van der Waals surface area contributed by atoms with Gasteiger partial charge in [-0.2, -0.15) is 0 Å². The van der Waals surface area contributed by atoms with Gasteiger partial charge in [-0.3, -0.25) is 9.69 Å². The highest BCUT2D eigenvalue weighted by Crippen LogP contribution is 2.37. The Balaban J connectivity index is 1.46. The van der Waals surface area contributed by atoms with Crippen molar-refractivity contribution in [2.45, 2.75) is 6.42 Å². The third-order valence-electron chi connectivity index (χ3n) is 5.42. The first kappa shape index (κ1) is 19.0. The fraction of sp³-hybridized carbons (Fsp3) is 0.318. The first-order valence-electron chi connectivity index (χ1n) is 9.29. The summed E-state index contributed by atoms with van der Waals surface area (Å²) in [5, 5.41) is 3.42. The molecule has 6 heteroatoms. The van der Waals surface area contributed by atoms with Crippen LogP contribution in [0.15, 0.2) is 48.0 Å². The summed E-state index contributed by atoms with van der Waals surface area (Å²) in [6.45, 7) is 2.40. The second kappa shape index (κ2) is 7.57. The lowest BCUT2D eigenvalue weighted by Crippen LogP contribution is -2.64. The van der Waals surface area contributed by atoms with E-state index in [2.05, 4.69) is 16.3 Å². The van der Waals surface area contributed by atoms with E-state index >= 15 is 0 Å². The van der Waals surface area contributed by atoms with Crippen molar-refractivity contribution >= 4 is 23.6 Å². The van der Waals surface area contributed by atoms with Crippen LogP contribution in [0.25, 0.3) is 6.08 Å². The highest BCUT2D eigenvalue weighted by Gasteiger charge is 2.49. The van der Waals surface area contributed by atoms with Crippen LogP contribution in [0.2, 0.25) is 5.02 Å². The van der Waals surface area contributed by atoms with Crippen LogP contribution in [0.3, 0.4) is 0 Å². The molecule has 0 unspecified atom stereocenters. The van der Waals surface area contributed by atoms with E-state index in [1.54, 1.807) is 25.2 Å². The number of rotatable bonds is 5. The summed E-state index contributed by atoms with van der Waals surface area (Å²) >= 11 is 6.08. The molecule has 0 spiro atoms. The summed E-state index contributed by atoms with van der Waals surface area (Å²) in [7, 11) is 1.63. The van der Waals surface area contributed by atoms with Gasteiger partial charge in [0.1, 0.15) is 18.2 Å². The molecule has 0 radical (unpaired) electrons. The van der Waals surface area contributed by atoms with Gasteiger partial charge in [-0.1, -0.05) is 29.8 Å². The minimum atomic E-state index is -0.603. The zero-order valence-corrected chi connectivity index (χ0v) is 16.4. The second-order valence-electron chi connectivity index (χ2n) is 7.55. The first-order chi connectivity index (χ1) is 13.5. The SMILES string of the molecule is CNC(=O)C1(Cc2ccccc2F)CN(CC2=Cc3cc(Cl)ccc3OC2)C1. The van der Waals surface area contributed by atoms with Gasteiger partial charge in [0.15, 0.2) is 0 Å². The largest absolute Gasteiger partial charge is 0.489 e. The minimum absolute atomic E-state index is 0.0435. The molecule has 0 aliphatic carbocycles. The van der Waals surface area contributed by atoms with Crippen LogP contribution >= 0.6 is 11.6 Å². The molecule has 0 bridgehead atoms. The van der Waals surface area contributed by atoms with Crippen LogP contribution in [0.5, 0.6) is 5.75 Å². The molecule has 0 aromatic heterocycles. The molecule has 2 heterocycles. The number of hydrogen-bond donors (Lipinski definition) is 1. The highest BCUT2D eigenvalue weighted by atomic mass is 35.5. The molecular weight excluding hydrogens is 379 g/mol. The Morgan fingerprint density at radius 2 is 2.07 bits per heavy atom. The zero-order valence-electron chi connectivity index (χ0n) is 15.7. The number of nitrogens with one attached hydrogen (secondary N) is 1. The smallest absolute Gasteiger partial charge is 0.228 e. The van der Waals surface area contributed by atoms with Gasteiger partial charge in [0.25, 0.3) is 0 Å². The quantitative estimate of drug-likeness (QED) is 0.834. The number of ether oxygens (including phenoxy) is 1. The van der Waals surface area contributed by atoms with E-state index in [4.69, 9.17) is 16.3 Å². The number of nitrogens with zero attached hydrogens (tertiary/aromatic N) is 1. The maximum atomic E-state index is 14.1. The van der Waals surface area contributed by atoms with Crippen LogP contribution in [-0.2, 0) is 11.2 Å². The van der Waals surface area contributed by atoms with Gasteiger partial charge in [-0.15, -0.1) is 0 Å². The number of carbonyl (C=O) groups excluding carboxylic acids is 1. The number of halogens is 2. The van der Waals surface area contributed by atoms with Crippen molar-refractivity contribution < 1.29 is 13.9 Å². The number of carbonyl (C=O) groups is 1. The Kier molecular flexibility index (Phi) is 5.13. The van der Waals surface area contributed by atoms with E-state index in [9.17, 15) is 9.18 Å². The van der Waals surface area contributed by atoms with Gasteiger partial charge in [0.05, 0.1) is 5.41 Å². The summed E-state index contributed by atoms with van der Waals surface area (Å²) < 4.78 is 19.9. The Morgan fingerprint density at radius 1 is 1.29 bits per heavy atom. The maximum absolute atomic E-state index is 14.1. The number of benzene rings is 2. The Bertz CT molecular complexity index is 938. The third-order valence-corrected chi connectivity index (χ3v) is 5.65. The molecule has 146 valence electrons. The molecule has 28 heavy (non-hydrogen) atoms. The number of fused-ring (bicyclic) bond motifs is 1. The molecule has 1 saturated heterocycles. The lowest BCUT2D eigenvalue weighted by molar-refractivity contribution is -0.140. The van der Waals surface area contributed by atoms with Crippen LogP contribution < -0.4 is 10.1 Å². The molecule has 2 aromatic carbocycles. The van der Waals surface area contributed by atoms with Crippen LogP contribution in [0, 0.1) is 11.2 Å². The van der Waals surface area contributed by atoms with Gasteiger partial charge < -0.3 is 10.1 Å². The lowest BCUT2D eigenvalue weighted by Gasteiger charge is -2.49. The standard InChI is InChI=1S/C22H22ClFN2O2/c1-25-21(27)22(10-16-4-2-3-5-19(16)24)13-26(14-22)11-15-8-17-9-18(23)6-7-20(17)28-12-15/h2-9H,10-14H2,1H3,(H,25,27). The summed E-state index contributed by atoms with van der Waals surface area (Å²) in [5.41, 5.74) is 2.08. The molecule has 2 aliphatic rings. The summed E-state index contributed by atoms with van der Waals surface area (Å²) in [5.74, 6) is 0.523. The number of hydrogen-bond acceptors (Lipinski definition) is 3. The molecule has 4 rings (SSSR count). The predicted octanol–water partition coefficient (Wildman–Crippen LogP) is 3.55. The molecule has 0 saturated carbocycles. The molecule has 4 nitrogen and oxygen atoms in total. The molecule has 2 aromatic rings. The normalized spacial score (nSPS) is 17.8. The van der Waals surface area contributed by atoms with Crippen molar-refractivity contribution in [2.75, 3.05) is 33.3 Å². The molecule has 1 N–H and O–H groups in total. The number of amides is 1. The predicted molar refractivity (Wildman–Crippen MR) is 108 cm³/mol. The molecule has 1 fully saturated rings. The Hall–Kier alpha value is -2.37. The monoisotopic (exact) mass is 400 g/mol. The summed E-state index contributed by atoms with van der Waals surface area (Å²) in [4.78, 5) is 14.8. The van der Waals surface area contributed by atoms with Crippen molar-refractivity contribution in [3.05, 3.63) is 70.0 Å². The van der Waals surface area contributed by atoms with E-state index in [-0.39, 0.29) is 11.7 Å². The Labute approximate surface area is 168 Å². The average Bonchev–Trinajstić information content (AvgIpc) is 2.66. The molecule has 1 amide bonds. The van der Waals surface area contributed by atoms with E-state index < -0.39 is 5.41 Å². The van der Waals surface area contributed by atoms with Gasteiger partial charge in [-0.25, -0.2) is 4.39 Å². The Morgan fingerprint density at radius 3 is 2.82 bits per heavy atom. The van der Waals surface area contributed by atoms with Gasteiger partial charge in [0.2, 0.25) is 5.91 Å². The highest BCUT2D eigenvalue weighted by molar-refractivity contribution is 6.30. The van der Waals surface area contributed by atoms with E-state index in [0.717, 1.165) is 16.9 Å². The zero-order chi connectivity index (χ0) is 19.7. The lowest BCUT2D eigenvalue weighted by atomic mass is 9.73. The van der Waals surface area contributed by atoms with Crippen LogP contribution in [0.4, 0.5) is 4.39 Å². The fourth-order valence-electron chi connectivity index (χ4n) is 4.10. The van der Waals surface area contributed by atoms with Crippen molar-refractivity contribution in [3.8, 4) is 5.75 Å². The van der Waals surface area contributed by atoms with Crippen molar-refractivity contribution in [1.29, 1.82) is 0 Å².